The van der Waals surface area contributed by atoms with Crippen molar-refractivity contribution in [2.45, 2.75) is 186 Å². The molecule has 3 fully saturated rings. The van der Waals surface area contributed by atoms with E-state index in [4.69, 9.17) is 9.47 Å². The van der Waals surface area contributed by atoms with Crippen molar-refractivity contribution in [2.24, 2.45) is 22.7 Å². The van der Waals surface area contributed by atoms with Gasteiger partial charge in [0.15, 0.2) is 5.78 Å². The molecule has 8 aromatic rings. The van der Waals surface area contributed by atoms with Crippen molar-refractivity contribution >= 4 is 86.5 Å². The number of nitrogens with zero attached hydrogens (tertiary/aromatic N) is 9. The number of amides is 8. The van der Waals surface area contributed by atoms with Crippen LogP contribution < -0.4 is 46.7 Å². The molecule has 13 atom stereocenters. The van der Waals surface area contributed by atoms with E-state index in [-0.39, 0.29) is 84.3 Å². The lowest BCUT2D eigenvalue weighted by molar-refractivity contribution is -0.145. The first-order valence-corrected chi connectivity index (χ1v) is 39.7. The summed E-state index contributed by atoms with van der Waals surface area (Å²) in [6.45, 7) is 13.6. The zero-order valence-corrected chi connectivity index (χ0v) is 67.5. The molecule has 1 unspecified atom stereocenters. The van der Waals surface area contributed by atoms with Gasteiger partial charge in [0.05, 0.1) is 54.4 Å². The Morgan fingerprint density at radius 1 is 0.521 bits per heavy atom. The number of hydrogen-bond donors (Lipinski definition) is 9. The van der Waals surface area contributed by atoms with Crippen molar-refractivity contribution < 1.29 is 72.4 Å². The van der Waals surface area contributed by atoms with Gasteiger partial charge in [0.2, 0.25) is 47.3 Å². The third-order valence-corrected chi connectivity index (χ3v) is 22.7. The predicted octanol–water partition coefficient (Wildman–Crippen LogP) is 5.23. The molecule has 0 saturated carbocycles. The summed E-state index contributed by atoms with van der Waals surface area (Å²) in [6.07, 6.45) is 2.49. The molecule has 12 bridgehead atoms. The molecule has 31 heteroatoms. The molecule has 0 radical (unpaired) electrons. The molecule has 2 aromatic heterocycles. The van der Waals surface area contributed by atoms with Crippen molar-refractivity contribution in [3.8, 4) is 11.5 Å². The Morgan fingerprint density at radius 2 is 0.957 bits per heavy atom. The van der Waals surface area contributed by atoms with Crippen LogP contribution in [0.15, 0.2) is 146 Å². The number of fused-ring (bicyclic) bond motifs is 2. The minimum atomic E-state index is -1.40. The first kappa shape index (κ1) is 84.4. The third kappa shape index (κ3) is 20.6. The Labute approximate surface area is 678 Å². The molecule has 3 saturated heterocycles. The molecule has 117 heavy (non-hydrogen) atoms. The van der Waals surface area contributed by atoms with E-state index in [2.05, 4.69) is 57.8 Å². The number of aromatic nitrogens is 6. The lowest BCUT2D eigenvalue weighted by Crippen LogP contribution is -2.61. The monoisotopic (exact) mass is 1600 g/mol. The summed E-state index contributed by atoms with van der Waals surface area (Å²) < 4.78 is 15.6. The number of aliphatic carboxylic acids is 2. The highest BCUT2D eigenvalue weighted by molar-refractivity contribution is 5.99. The molecule has 0 aliphatic carbocycles. The van der Waals surface area contributed by atoms with Crippen molar-refractivity contribution in [3.63, 3.8) is 0 Å². The molecular weight excluding hydrogens is 1500 g/mol. The molecule has 618 valence electrons. The summed E-state index contributed by atoms with van der Waals surface area (Å²) >= 11 is 0. The third-order valence-electron chi connectivity index (χ3n) is 22.7. The number of likely N-dealkylation sites (N-methyl/N-ethyl adjacent to an activating group) is 2. The summed E-state index contributed by atoms with van der Waals surface area (Å²) in [4.78, 5) is 164. The summed E-state index contributed by atoms with van der Waals surface area (Å²) in [5.74, 6) is -9.14. The van der Waals surface area contributed by atoms with Gasteiger partial charge in [-0.25, -0.2) is 9.36 Å². The second-order valence-electron chi connectivity index (χ2n) is 33.3. The van der Waals surface area contributed by atoms with Crippen LogP contribution in [0.1, 0.15) is 127 Å². The number of ketones is 1. The van der Waals surface area contributed by atoms with E-state index in [0.29, 0.717) is 45.1 Å². The fourth-order valence-electron chi connectivity index (χ4n) is 15.5. The number of carboxylic acid groups (broad SMARTS) is 2. The van der Waals surface area contributed by atoms with Crippen LogP contribution in [0.5, 0.6) is 11.5 Å². The molecule has 31 nitrogen and oxygen atoms in total. The van der Waals surface area contributed by atoms with Crippen LogP contribution in [0.2, 0.25) is 0 Å². The second kappa shape index (κ2) is 36.4. The van der Waals surface area contributed by atoms with Gasteiger partial charge in [-0.3, -0.25) is 52.7 Å². The largest absolute Gasteiger partial charge is 0.487 e. The van der Waals surface area contributed by atoms with E-state index in [0.717, 1.165) is 21.5 Å². The maximum absolute atomic E-state index is 15.6. The van der Waals surface area contributed by atoms with Gasteiger partial charge in [0.1, 0.15) is 72.4 Å². The highest BCUT2D eigenvalue weighted by Crippen LogP contribution is 2.35. The number of carbonyl (C=O) groups is 11. The van der Waals surface area contributed by atoms with Crippen molar-refractivity contribution in [2.75, 3.05) is 40.3 Å². The lowest BCUT2D eigenvalue weighted by atomic mass is 9.85. The Kier molecular flexibility index (Phi) is 26.3. The van der Waals surface area contributed by atoms with Gasteiger partial charge in [-0.1, -0.05) is 161 Å². The van der Waals surface area contributed by atoms with Gasteiger partial charge in [0, 0.05) is 58.3 Å². The number of carboxylic acids is 2. The Morgan fingerprint density at radius 3 is 1.39 bits per heavy atom. The van der Waals surface area contributed by atoms with E-state index in [9.17, 15) is 34.2 Å². The smallest absolute Gasteiger partial charge is 0.308 e. The van der Waals surface area contributed by atoms with Crippen LogP contribution >= 0.6 is 0 Å². The van der Waals surface area contributed by atoms with Gasteiger partial charge in [0.25, 0.3) is 0 Å². The van der Waals surface area contributed by atoms with Crippen LogP contribution in [0.4, 0.5) is 0 Å². The minimum absolute atomic E-state index is 0.0309. The Balaban J connectivity index is 0.892. The van der Waals surface area contributed by atoms with Crippen molar-refractivity contribution in [1.29, 1.82) is 0 Å². The number of nitrogens with one attached hydrogen (secondary N) is 7. The minimum Gasteiger partial charge on any atom is -0.487 e. The predicted molar refractivity (Wildman–Crippen MR) is 431 cm³/mol. The molecule has 9 heterocycles. The summed E-state index contributed by atoms with van der Waals surface area (Å²) in [5.41, 5.74) is 1.32. The fraction of sp³-hybridized carbons (Fsp3) is 0.453. The molecule has 0 spiro atoms. The average molecular weight is 1600 g/mol. The standard InChI is InChI=1S/C86H104N16O15/c1-49(87-9)75(104)92-73(85(3,4)5)81(110)99-45-63-40-70(99)78(107)89-67(37-53-19-25-55-15-11-13-17-57(55)34-53)72(103)39-60(84(114)115)33-51-21-27-65(28-22-51)116-47-61-44-102(97-94-61)64-41-71(100(46-64)82(111)74(86(6,7)8)93-76(105)50(2)88-10)79(108)90-68(38-54-20-26-56-16-12-14-18-58(56)35-54)77(106)91-69(80(109)98-32-31-59(42-98)83(112)113)36-52-23-29-66(30-24-52)117-48-62-43-101(63)96-95-62/h11-30,34-35,43-44,49-50,59-60,63-64,67-71,73-74,87-88H,31-33,36-42,45-48H2,1-10H3,(H,89,107)(H,90,108)(H,91,106)(H,92,104)(H,93,105)(H,112,113)(H,114,115)/t49-,50-,59?,60+,63-,64-,67-,68-,69-,70-,71-,73+,74+/m0/s1. The number of ether oxygens (including phenoxy) is 2. The zero-order valence-electron chi connectivity index (χ0n) is 67.5. The Hall–Kier alpha value is -12.0. The van der Waals surface area contributed by atoms with Gasteiger partial charge in [-0.15, -0.1) is 10.2 Å². The van der Waals surface area contributed by atoms with Gasteiger partial charge in [-0.05, 0) is 126 Å². The molecule has 9 N–H and O–H groups in total. The van der Waals surface area contributed by atoms with Gasteiger partial charge < -0.3 is 71.6 Å². The molecular formula is C86H104N16O15. The van der Waals surface area contributed by atoms with E-state index in [1.165, 1.54) is 24.1 Å². The van der Waals surface area contributed by atoms with Crippen molar-refractivity contribution in [1.82, 2.24) is 81.9 Å². The number of Topliss-reactive ketones (excluding diaryl/α,β-unsaturated/α-hetero) is 1. The molecule has 6 aromatic carbocycles. The maximum Gasteiger partial charge on any atom is 0.308 e. The fourth-order valence-corrected chi connectivity index (χ4v) is 15.5. The summed E-state index contributed by atoms with van der Waals surface area (Å²) in [7, 11) is 3.23. The lowest BCUT2D eigenvalue weighted by Gasteiger charge is -2.36. The van der Waals surface area contributed by atoms with E-state index < -0.39 is 161 Å². The Bertz CT molecular complexity index is 5000. The number of hydrogen-bond acceptors (Lipinski definition) is 19. The SMILES string of the molecule is CN[C@@H](C)C(=O)N[C@H](C(=O)N1C[C@@H]2C[C@H]1C(=O)N[C@@H](Cc1ccc3ccccc3c1)C(=O)C[C@H](C(=O)O)Cc1ccc(cc1)OCc1cn(nn1)[C@H]1C[C@@H](C(=O)N[C@@H](Cc3ccc4ccccc4c3)C(=O)N[C@H](C(=O)N3CCC(C(=O)O)C3)Cc3ccc(cc3)OCc3cn2nn3)N(C(=O)[C@@H](NC(=O)[C@H](C)NC)C(C)(C)C)C1)C(C)(C)C. The molecule has 8 amide bonds. The topological polar surface area (TPSA) is 402 Å². The second-order valence-corrected chi connectivity index (χ2v) is 33.3. The summed E-state index contributed by atoms with van der Waals surface area (Å²) in [6, 6.07) is 28.2. The van der Waals surface area contributed by atoms with Crippen LogP contribution in [0.3, 0.4) is 0 Å². The van der Waals surface area contributed by atoms with Crippen LogP contribution in [-0.2, 0) is 91.6 Å². The number of rotatable bonds is 15. The van der Waals surface area contributed by atoms with Crippen LogP contribution in [0.25, 0.3) is 21.5 Å². The highest BCUT2D eigenvalue weighted by Gasteiger charge is 2.49. The number of carbonyl (C=O) groups excluding carboxylic acids is 9. The quantitative estimate of drug-likeness (QED) is 0.0634. The van der Waals surface area contributed by atoms with Gasteiger partial charge >= 0.3 is 11.9 Å². The normalized spacial score (nSPS) is 22.4. The number of likely N-dealkylation sites (tertiary alicyclic amines) is 3. The molecule has 7 aliphatic rings. The zero-order chi connectivity index (χ0) is 83.7. The summed E-state index contributed by atoms with van der Waals surface area (Å²) in [5, 5.41) is 62.9. The molecule has 7 aliphatic heterocycles. The van der Waals surface area contributed by atoms with E-state index >= 15 is 28.8 Å². The number of benzene rings is 6. The van der Waals surface area contributed by atoms with Gasteiger partial charge in [-0.2, -0.15) is 0 Å². The van der Waals surface area contributed by atoms with Crippen molar-refractivity contribution in [3.05, 3.63) is 179 Å². The maximum atomic E-state index is 15.6. The highest BCUT2D eigenvalue weighted by atomic mass is 16.5. The van der Waals surface area contributed by atoms with E-state index in [1.807, 2.05) is 84.9 Å². The average Bonchev–Trinajstić information content (AvgIpc) is 1.64. The molecule has 15 rings (SSSR count). The van der Waals surface area contributed by atoms with E-state index in [1.54, 1.807) is 130 Å². The first-order chi connectivity index (χ1) is 55.8. The first-order valence-electron chi connectivity index (χ1n) is 39.7. The van der Waals surface area contributed by atoms with Crippen LogP contribution in [-0.4, -0.2) is 215 Å². The van der Waals surface area contributed by atoms with Crippen LogP contribution in [0, 0.1) is 22.7 Å².